The minimum absolute atomic E-state index is 0.0150. The Labute approximate surface area is 177 Å². The van der Waals surface area contributed by atoms with Crippen molar-refractivity contribution >= 4 is 16.9 Å². The summed E-state index contributed by atoms with van der Waals surface area (Å²) in [5, 5.41) is 3.27. The molecule has 1 amide bonds. The van der Waals surface area contributed by atoms with E-state index >= 15 is 0 Å². The number of benzene rings is 2. The molecule has 0 spiro atoms. The van der Waals surface area contributed by atoms with Crippen molar-refractivity contribution in [3.05, 3.63) is 59.4 Å². The minimum Gasteiger partial charge on any atom is -0.493 e. The lowest BCUT2D eigenvalue weighted by Gasteiger charge is -2.26. The lowest BCUT2D eigenvalue weighted by Crippen LogP contribution is -2.46. The number of unbranched alkanes of at least 4 members (excludes halogenated alkanes) is 1. The molecule has 1 aliphatic rings. The average molecular weight is 407 g/mol. The smallest absolute Gasteiger partial charge is 0.289 e. The van der Waals surface area contributed by atoms with Gasteiger partial charge >= 0.3 is 0 Å². The first-order chi connectivity index (χ1) is 14.7. The number of para-hydroxylation sites is 1. The fraction of sp³-hybridized carbons (Fsp3) is 0.417. The Bertz CT molecular complexity index is 992. The number of H-pyrrole nitrogens is 1. The molecule has 6 nitrogen and oxygen atoms in total. The number of nitrogens with zero attached hydrogens (tertiary/aromatic N) is 2. The molecule has 0 bridgehead atoms. The van der Waals surface area contributed by atoms with Crippen LogP contribution in [0.1, 0.15) is 41.5 Å². The number of aromatic nitrogens is 2. The number of ether oxygens (including phenoxy) is 1. The van der Waals surface area contributed by atoms with Crippen molar-refractivity contribution < 1.29 is 9.53 Å². The molecule has 1 fully saturated rings. The van der Waals surface area contributed by atoms with Crippen LogP contribution in [0.5, 0.6) is 5.75 Å². The summed E-state index contributed by atoms with van der Waals surface area (Å²) in [4.78, 5) is 22.2. The van der Waals surface area contributed by atoms with E-state index in [1.54, 1.807) is 0 Å². The van der Waals surface area contributed by atoms with Crippen LogP contribution in [0, 0.1) is 0 Å². The van der Waals surface area contributed by atoms with E-state index in [2.05, 4.69) is 46.5 Å². The normalized spacial score (nSPS) is 14.2. The van der Waals surface area contributed by atoms with E-state index in [1.165, 1.54) is 11.1 Å². The number of rotatable bonds is 8. The second-order valence-electron chi connectivity index (χ2n) is 7.75. The SMILES string of the molecule is CCc1ccccc1OCCCCc1ccc2nc(C(=O)N3CCNCC3)[nH]c2c1. The van der Waals surface area contributed by atoms with Crippen LogP contribution in [0.3, 0.4) is 0 Å². The standard InChI is InChI=1S/C24H30N4O2/c1-2-19-8-3-4-9-22(19)30-16-6-5-7-18-10-11-20-21(17-18)27-23(26-20)24(29)28-14-12-25-13-15-28/h3-4,8-11,17,25H,2,5-7,12-16H2,1H3,(H,26,27). The molecular weight excluding hydrogens is 376 g/mol. The van der Waals surface area contributed by atoms with Crippen molar-refractivity contribution in [3.8, 4) is 5.75 Å². The molecular formula is C24H30N4O2. The van der Waals surface area contributed by atoms with Crippen LogP contribution >= 0.6 is 0 Å². The first-order valence-corrected chi connectivity index (χ1v) is 10.9. The van der Waals surface area contributed by atoms with E-state index in [0.717, 1.165) is 75.3 Å². The Morgan fingerprint density at radius 1 is 1.13 bits per heavy atom. The number of carbonyl (C=O) groups is 1. The summed E-state index contributed by atoms with van der Waals surface area (Å²) in [6, 6.07) is 14.5. The van der Waals surface area contributed by atoms with Gasteiger partial charge in [-0.3, -0.25) is 4.79 Å². The molecule has 1 saturated heterocycles. The van der Waals surface area contributed by atoms with E-state index in [9.17, 15) is 4.79 Å². The quantitative estimate of drug-likeness (QED) is 0.561. The van der Waals surface area contributed by atoms with Crippen molar-refractivity contribution in [2.24, 2.45) is 0 Å². The molecule has 30 heavy (non-hydrogen) atoms. The fourth-order valence-electron chi connectivity index (χ4n) is 3.88. The molecule has 158 valence electrons. The van der Waals surface area contributed by atoms with Gasteiger partial charge in [-0.15, -0.1) is 0 Å². The Balaban J connectivity index is 1.30. The number of amides is 1. The number of hydrogen-bond donors (Lipinski definition) is 2. The minimum atomic E-state index is -0.0150. The van der Waals surface area contributed by atoms with E-state index < -0.39 is 0 Å². The van der Waals surface area contributed by atoms with Crippen LogP contribution in [0.15, 0.2) is 42.5 Å². The van der Waals surface area contributed by atoms with Crippen LogP contribution in [-0.2, 0) is 12.8 Å². The summed E-state index contributed by atoms with van der Waals surface area (Å²) in [6.07, 6.45) is 4.03. The zero-order valence-corrected chi connectivity index (χ0v) is 17.6. The number of carbonyl (C=O) groups excluding carboxylic acids is 1. The number of nitrogens with one attached hydrogen (secondary N) is 2. The Morgan fingerprint density at radius 2 is 1.97 bits per heavy atom. The highest BCUT2D eigenvalue weighted by molar-refractivity contribution is 5.94. The van der Waals surface area contributed by atoms with Crippen molar-refractivity contribution in [3.63, 3.8) is 0 Å². The van der Waals surface area contributed by atoms with E-state index in [1.807, 2.05) is 23.1 Å². The van der Waals surface area contributed by atoms with E-state index in [0.29, 0.717) is 5.82 Å². The monoisotopic (exact) mass is 406 g/mol. The van der Waals surface area contributed by atoms with E-state index in [-0.39, 0.29) is 5.91 Å². The van der Waals surface area contributed by atoms with Crippen molar-refractivity contribution in [2.75, 3.05) is 32.8 Å². The highest BCUT2D eigenvalue weighted by atomic mass is 16.5. The number of imidazole rings is 1. The number of aryl methyl sites for hydroxylation is 2. The second-order valence-corrected chi connectivity index (χ2v) is 7.75. The van der Waals surface area contributed by atoms with Gasteiger partial charge in [-0.25, -0.2) is 4.98 Å². The summed E-state index contributed by atoms with van der Waals surface area (Å²) in [5.74, 6) is 1.42. The Hall–Kier alpha value is -2.86. The molecule has 0 atom stereocenters. The maximum atomic E-state index is 12.7. The molecule has 2 heterocycles. The molecule has 6 heteroatoms. The second kappa shape index (κ2) is 9.76. The van der Waals surface area contributed by atoms with Gasteiger partial charge in [0, 0.05) is 26.2 Å². The number of piperazine rings is 1. The summed E-state index contributed by atoms with van der Waals surface area (Å²) in [5.41, 5.74) is 4.28. The van der Waals surface area contributed by atoms with Gasteiger partial charge in [0.15, 0.2) is 5.82 Å². The summed E-state index contributed by atoms with van der Waals surface area (Å²) >= 11 is 0. The van der Waals surface area contributed by atoms with Crippen LogP contribution in [0.4, 0.5) is 0 Å². The third-order valence-corrected chi connectivity index (χ3v) is 5.62. The molecule has 1 aliphatic heterocycles. The predicted molar refractivity (Wildman–Crippen MR) is 119 cm³/mol. The first-order valence-electron chi connectivity index (χ1n) is 10.9. The lowest BCUT2D eigenvalue weighted by molar-refractivity contribution is 0.0725. The van der Waals surface area contributed by atoms with Crippen molar-refractivity contribution in [1.82, 2.24) is 20.2 Å². The van der Waals surface area contributed by atoms with Gasteiger partial charge in [-0.1, -0.05) is 31.2 Å². The Kier molecular flexibility index (Phi) is 6.64. The zero-order chi connectivity index (χ0) is 20.8. The Morgan fingerprint density at radius 3 is 2.80 bits per heavy atom. The number of fused-ring (bicyclic) bond motifs is 1. The predicted octanol–water partition coefficient (Wildman–Crippen LogP) is 3.57. The maximum Gasteiger partial charge on any atom is 0.289 e. The molecule has 3 aromatic rings. The number of hydrogen-bond acceptors (Lipinski definition) is 4. The van der Waals surface area contributed by atoms with Crippen molar-refractivity contribution in [2.45, 2.75) is 32.6 Å². The largest absolute Gasteiger partial charge is 0.493 e. The summed E-state index contributed by atoms with van der Waals surface area (Å²) in [7, 11) is 0. The lowest BCUT2D eigenvalue weighted by atomic mass is 10.1. The molecule has 0 unspecified atom stereocenters. The highest BCUT2D eigenvalue weighted by Gasteiger charge is 2.20. The van der Waals surface area contributed by atoms with Crippen LogP contribution in [0.25, 0.3) is 11.0 Å². The summed E-state index contributed by atoms with van der Waals surface area (Å²) < 4.78 is 5.96. The molecule has 2 aromatic carbocycles. The van der Waals surface area contributed by atoms with E-state index in [4.69, 9.17) is 4.74 Å². The van der Waals surface area contributed by atoms with Gasteiger partial charge in [-0.05, 0) is 55.0 Å². The fourth-order valence-corrected chi connectivity index (χ4v) is 3.88. The van der Waals surface area contributed by atoms with Crippen molar-refractivity contribution in [1.29, 1.82) is 0 Å². The molecule has 1 aromatic heterocycles. The van der Waals surface area contributed by atoms with Gasteiger partial charge in [0.05, 0.1) is 17.6 Å². The van der Waals surface area contributed by atoms with Gasteiger partial charge in [0.1, 0.15) is 5.75 Å². The third kappa shape index (κ3) is 4.82. The van der Waals surface area contributed by atoms with Crippen LogP contribution < -0.4 is 10.1 Å². The topological polar surface area (TPSA) is 70.2 Å². The molecule has 0 aliphatic carbocycles. The third-order valence-electron chi connectivity index (χ3n) is 5.62. The zero-order valence-electron chi connectivity index (χ0n) is 17.6. The van der Waals surface area contributed by atoms with Gasteiger partial charge in [-0.2, -0.15) is 0 Å². The molecule has 0 radical (unpaired) electrons. The van der Waals surface area contributed by atoms with Crippen LogP contribution in [0.2, 0.25) is 0 Å². The number of aromatic amines is 1. The molecule has 4 rings (SSSR count). The average Bonchev–Trinajstić information content (AvgIpc) is 3.22. The van der Waals surface area contributed by atoms with Gasteiger partial charge in [0.25, 0.3) is 5.91 Å². The highest BCUT2D eigenvalue weighted by Crippen LogP contribution is 2.19. The molecule has 0 saturated carbocycles. The molecule has 2 N–H and O–H groups in total. The maximum absolute atomic E-state index is 12.7. The summed E-state index contributed by atoms with van der Waals surface area (Å²) in [6.45, 7) is 6.01. The van der Waals surface area contributed by atoms with Gasteiger partial charge in [0.2, 0.25) is 0 Å². The first kappa shape index (κ1) is 20.4. The van der Waals surface area contributed by atoms with Gasteiger partial charge < -0.3 is 19.9 Å². The van der Waals surface area contributed by atoms with Crippen LogP contribution in [-0.4, -0.2) is 53.6 Å².